The quantitative estimate of drug-likeness (QED) is 0.501. The van der Waals surface area contributed by atoms with Crippen LogP contribution in [0.15, 0.2) is 59.5 Å². The standard InChI is InChI=1S/C20H15ClFNS/c1-12-7-17(21)16-9-14-10-18(22)15(13-5-3-2-4-6-13)11-19(14)23-24-20(16)8-12/h2-8,10-11,23H,9H2,1H3. The third kappa shape index (κ3) is 2.79. The molecule has 0 bridgehead atoms. The van der Waals surface area contributed by atoms with E-state index in [9.17, 15) is 4.39 Å². The Kier molecular flexibility index (Phi) is 3.99. The molecule has 0 saturated heterocycles. The van der Waals surface area contributed by atoms with Gasteiger partial charge in [-0.25, -0.2) is 4.39 Å². The molecule has 1 aliphatic heterocycles. The minimum atomic E-state index is -0.210. The average Bonchev–Trinajstić information content (AvgIpc) is 2.74. The van der Waals surface area contributed by atoms with Crippen molar-refractivity contribution >= 4 is 29.2 Å². The van der Waals surface area contributed by atoms with Gasteiger partial charge < -0.3 is 4.72 Å². The van der Waals surface area contributed by atoms with Crippen molar-refractivity contribution in [3.05, 3.63) is 82.1 Å². The molecule has 120 valence electrons. The predicted octanol–water partition coefficient (Wildman–Crippen LogP) is 6.48. The van der Waals surface area contributed by atoms with Crippen molar-refractivity contribution in [1.29, 1.82) is 0 Å². The van der Waals surface area contributed by atoms with E-state index in [-0.39, 0.29) is 5.82 Å². The van der Waals surface area contributed by atoms with Crippen molar-refractivity contribution < 1.29 is 4.39 Å². The number of halogens is 2. The third-order valence-electron chi connectivity index (χ3n) is 4.21. The van der Waals surface area contributed by atoms with E-state index in [1.807, 2.05) is 49.4 Å². The van der Waals surface area contributed by atoms with Gasteiger partial charge in [0.2, 0.25) is 0 Å². The lowest BCUT2D eigenvalue weighted by molar-refractivity contribution is 0.630. The number of aryl methyl sites for hydroxylation is 1. The first kappa shape index (κ1) is 15.6. The maximum Gasteiger partial charge on any atom is 0.131 e. The monoisotopic (exact) mass is 355 g/mol. The molecule has 0 unspecified atom stereocenters. The SMILES string of the molecule is Cc1cc(Cl)c2c(c1)SNc1cc(-c3ccccc3)c(F)cc1C2. The molecule has 24 heavy (non-hydrogen) atoms. The summed E-state index contributed by atoms with van der Waals surface area (Å²) in [6, 6.07) is 17.2. The summed E-state index contributed by atoms with van der Waals surface area (Å²) in [5.41, 5.74) is 5.51. The Morgan fingerprint density at radius 2 is 1.88 bits per heavy atom. The summed E-state index contributed by atoms with van der Waals surface area (Å²) in [6.45, 7) is 2.03. The summed E-state index contributed by atoms with van der Waals surface area (Å²) in [7, 11) is 0. The highest BCUT2D eigenvalue weighted by molar-refractivity contribution is 8.00. The summed E-state index contributed by atoms with van der Waals surface area (Å²) >= 11 is 7.95. The van der Waals surface area contributed by atoms with Gasteiger partial charge in [-0.05, 0) is 65.4 Å². The molecular weight excluding hydrogens is 341 g/mol. The topological polar surface area (TPSA) is 12.0 Å². The average molecular weight is 356 g/mol. The van der Waals surface area contributed by atoms with Crippen LogP contribution >= 0.6 is 23.5 Å². The van der Waals surface area contributed by atoms with Crippen molar-refractivity contribution in [2.45, 2.75) is 18.2 Å². The van der Waals surface area contributed by atoms with E-state index in [4.69, 9.17) is 11.6 Å². The first-order valence-corrected chi connectivity index (χ1v) is 8.91. The normalized spacial score (nSPS) is 12.8. The van der Waals surface area contributed by atoms with Crippen molar-refractivity contribution in [3.8, 4) is 11.1 Å². The zero-order valence-corrected chi connectivity index (χ0v) is 14.6. The Bertz CT molecular complexity index is 925. The van der Waals surface area contributed by atoms with E-state index in [1.54, 1.807) is 6.07 Å². The van der Waals surface area contributed by atoms with Crippen LogP contribution in [0.3, 0.4) is 0 Å². The third-order valence-corrected chi connectivity index (χ3v) is 5.46. The van der Waals surface area contributed by atoms with Gasteiger partial charge in [0, 0.05) is 27.6 Å². The van der Waals surface area contributed by atoms with Crippen LogP contribution in [0.25, 0.3) is 11.1 Å². The molecule has 1 N–H and O–H groups in total. The summed E-state index contributed by atoms with van der Waals surface area (Å²) in [4.78, 5) is 1.10. The molecule has 0 spiro atoms. The molecule has 4 rings (SSSR count). The summed E-state index contributed by atoms with van der Waals surface area (Å²) in [6.07, 6.45) is 0.621. The Morgan fingerprint density at radius 3 is 2.67 bits per heavy atom. The van der Waals surface area contributed by atoms with Gasteiger partial charge in [-0.1, -0.05) is 41.9 Å². The molecule has 0 fully saturated rings. The van der Waals surface area contributed by atoms with E-state index < -0.39 is 0 Å². The lowest BCUT2D eigenvalue weighted by Gasteiger charge is -2.11. The van der Waals surface area contributed by atoms with Crippen LogP contribution in [-0.4, -0.2) is 0 Å². The first-order chi connectivity index (χ1) is 11.6. The van der Waals surface area contributed by atoms with Crippen LogP contribution < -0.4 is 4.72 Å². The molecule has 1 aliphatic rings. The highest BCUT2D eigenvalue weighted by Gasteiger charge is 2.19. The van der Waals surface area contributed by atoms with Gasteiger partial charge in [-0.15, -0.1) is 0 Å². The minimum Gasteiger partial charge on any atom is -0.325 e. The van der Waals surface area contributed by atoms with Gasteiger partial charge >= 0.3 is 0 Å². The van der Waals surface area contributed by atoms with Crippen LogP contribution in [-0.2, 0) is 6.42 Å². The molecule has 1 nitrogen and oxygen atoms in total. The second-order valence-electron chi connectivity index (χ2n) is 5.96. The van der Waals surface area contributed by atoms with Gasteiger partial charge in [0.1, 0.15) is 5.82 Å². The molecule has 0 amide bonds. The number of hydrogen-bond donors (Lipinski definition) is 1. The maximum atomic E-state index is 14.7. The molecule has 0 aromatic heterocycles. The zero-order chi connectivity index (χ0) is 16.7. The lowest BCUT2D eigenvalue weighted by atomic mass is 9.97. The molecule has 3 aromatic carbocycles. The smallest absolute Gasteiger partial charge is 0.131 e. The van der Waals surface area contributed by atoms with E-state index in [0.29, 0.717) is 12.0 Å². The zero-order valence-electron chi connectivity index (χ0n) is 13.1. The van der Waals surface area contributed by atoms with Crippen molar-refractivity contribution in [3.63, 3.8) is 0 Å². The Balaban J connectivity index is 1.81. The Hall–Kier alpha value is -1.97. The van der Waals surface area contributed by atoms with E-state index in [1.165, 1.54) is 11.9 Å². The van der Waals surface area contributed by atoms with Crippen LogP contribution in [0.5, 0.6) is 0 Å². The molecule has 0 radical (unpaired) electrons. The molecule has 4 heteroatoms. The summed E-state index contributed by atoms with van der Waals surface area (Å²) in [5, 5.41) is 0.736. The van der Waals surface area contributed by atoms with Crippen molar-refractivity contribution in [2.75, 3.05) is 4.72 Å². The fraction of sp³-hybridized carbons (Fsp3) is 0.100. The minimum absolute atomic E-state index is 0.210. The number of hydrogen-bond acceptors (Lipinski definition) is 2. The molecule has 1 heterocycles. The van der Waals surface area contributed by atoms with Gasteiger partial charge in [-0.3, -0.25) is 0 Å². The molecule has 0 atom stereocenters. The van der Waals surface area contributed by atoms with Gasteiger partial charge in [0.05, 0.1) is 0 Å². The van der Waals surface area contributed by atoms with E-state index in [2.05, 4.69) is 10.8 Å². The molecule has 3 aromatic rings. The van der Waals surface area contributed by atoms with Crippen LogP contribution in [0.1, 0.15) is 16.7 Å². The maximum absolute atomic E-state index is 14.7. The highest BCUT2D eigenvalue weighted by Crippen LogP contribution is 2.40. The lowest BCUT2D eigenvalue weighted by Crippen LogP contribution is -1.96. The van der Waals surface area contributed by atoms with Gasteiger partial charge in [0.25, 0.3) is 0 Å². The second-order valence-corrected chi connectivity index (χ2v) is 7.21. The fourth-order valence-electron chi connectivity index (χ4n) is 3.00. The van der Waals surface area contributed by atoms with Gasteiger partial charge in [-0.2, -0.15) is 0 Å². The number of rotatable bonds is 1. The second kappa shape index (κ2) is 6.15. The number of anilines is 1. The summed E-state index contributed by atoms with van der Waals surface area (Å²) < 4.78 is 18.0. The highest BCUT2D eigenvalue weighted by atomic mass is 35.5. The molecule has 0 aliphatic carbocycles. The Morgan fingerprint density at radius 1 is 1.08 bits per heavy atom. The van der Waals surface area contributed by atoms with Gasteiger partial charge in [0.15, 0.2) is 0 Å². The van der Waals surface area contributed by atoms with Crippen LogP contribution in [0.2, 0.25) is 5.02 Å². The fourth-order valence-corrected chi connectivity index (χ4v) is 4.35. The van der Waals surface area contributed by atoms with E-state index in [0.717, 1.165) is 37.9 Å². The van der Waals surface area contributed by atoms with Crippen molar-refractivity contribution in [2.24, 2.45) is 0 Å². The summed E-state index contributed by atoms with van der Waals surface area (Å²) in [5.74, 6) is -0.210. The number of fused-ring (bicyclic) bond motifs is 2. The Labute approximate surface area is 150 Å². The predicted molar refractivity (Wildman–Crippen MR) is 100 cm³/mol. The van der Waals surface area contributed by atoms with Crippen LogP contribution in [0.4, 0.5) is 10.1 Å². The number of nitrogens with one attached hydrogen (secondary N) is 1. The van der Waals surface area contributed by atoms with Crippen molar-refractivity contribution in [1.82, 2.24) is 0 Å². The van der Waals surface area contributed by atoms with E-state index >= 15 is 0 Å². The molecular formula is C20H15ClFNS. The molecule has 0 saturated carbocycles. The largest absolute Gasteiger partial charge is 0.325 e. The number of benzene rings is 3. The van der Waals surface area contributed by atoms with Crippen LogP contribution in [0, 0.1) is 12.7 Å². The first-order valence-electron chi connectivity index (χ1n) is 7.71.